The van der Waals surface area contributed by atoms with E-state index in [4.69, 9.17) is 5.26 Å². The number of nitrogens with zero attached hydrogens (tertiary/aromatic N) is 1. The minimum Gasteiger partial charge on any atom is -0.376 e. The van der Waals surface area contributed by atoms with Crippen molar-refractivity contribution in [2.45, 2.75) is 39.5 Å². The molecule has 104 valence electrons. The van der Waals surface area contributed by atoms with Gasteiger partial charge in [-0.15, -0.1) is 0 Å². The van der Waals surface area contributed by atoms with Crippen molar-refractivity contribution in [1.29, 1.82) is 5.26 Å². The third-order valence-electron chi connectivity index (χ3n) is 3.59. The molecule has 1 rings (SSSR count). The van der Waals surface area contributed by atoms with Gasteiger partial charge in [0.1, 0.15) is 0 Å². The van der Waals surface area contributed by atoms with Crippen LogP contribution in [0.1, 0.15) is 36.1 Å². The largest absolute Gasteiger partial charge is 0.421 e. The van der Waals surface area contributed by atoms with E-state index in [2.05, 4.69) is 0 Å². The van der Waals surface area contributed by atoms with Gasteiger partial charge in [-0.2, -0.15) is 18.4 Å². The molecule has 0 saturated carbocycles. The van der Waals surface area contributed by atoms with Gasteiger partial charge in [0.05, 0.1) is 11.6 Å². The Morgan fingerprint density at radius 3 is 2.05 bits per heavy atom. The molecule has 19 heavy (non-hydrogen) atoms. The Kier molecular flexibility index (Phi) is 3.97. The summed E-state index contributed by atoms with van der Waals surface area (Å²) in [7, 11) is 0. The third kappa shape index (κ3) is 2.33. The number of rotatable bonds is 2. The molecular formula is C14H16F3NO. The van der Waals surface area contributed by atoms with E-state index in [0.717, 1.165) is 0 Å². The number of nitriles is 1. The number of hydrogen-bond donors (Lipinski definition) is 1. The molecule has 0 bridgehead atoms. The summed E-state index contributed by atoms with van der Waals surface area (Å²) in [5.74, 6) is -1.03. The predicted octanol–water partition coefficient (Wildman–Crippen LogP) is 3.58. The second-order valence-electron chi connectivity index (χ2n) is 4.94. The van der Waals surface area contributed by atoms with Crippen LogP contribution in [0.25, 0.3) is 0 Å². The van der Waals surface area contributed by atoms with Crippen molar-refractivity contribution < 1.29 is 18.3 Å². The number of halogens is 3. The Morgan fingerprint density at radius 2 is 1.68 bits per heavy atom. The molecule has 5 heteroatoms. The molecule has 0 amide bonds. The van der Waals surface area contributed by atoms with Gasteiger partial charge in [0.25, 0.3) is 0 Å². The second-order valence-corrected chi connectivity index (χ2v) is 4.94. The zero-order valence-corrected chi connectivity index (χ0v) is 11.3. The zero-order valence-electron chi connectivity index (χ0n) is 11.3. The highest BCUT2D eigenvalue weighted by Crippen LogP contribution is 2.46. The minimum atomic E-state index is -4.77. The Morgan fingerprint density at radius 1 is 1.16 bits per heavy atom. The highest BCUT2D eigenvalue weighted by Gasteiger charge is 2.57. The van der Waals surface area contributed by atoms with Crippen molar-refractivity contribution >= 4 is 0 Å². The fraction of sp³-hybridized carbons (Fsp3) is 0.500. The molecule has 0 radical (unpaired) electrons. The first-order chi connectivity index (χ1) is 8.57. The summed E-state index contributed by atoms with van der Waals surface area (Å²) in [6.45, 7) is 5.71. The van der Waals surface area contributed by atoms with Gasteiger partial charge in [-0.1, -0.05) is 19.9 Å². The van der Waals surface area contributed by atoms with Gasteiger partial charge in [0.15, 0.2) is 5.60 Å². The summed E-state index contributed by atoms with van der Waals surface area (Å²) < 4.78 is 39.7. The molecule has 1 aromatic rings. The van der Waals surface area contributed by atoms with Crippen LogP contribution in [0.15, 0.2) is 12.1 Å². The first-order valence-electron chi connectivity index (χ1n) is 5.87. The Balaban J connectivity index is 3.61. The minimum absolute atomic E-state index is 0.188. The van der Waals surface area contributed by atoms with Crippen LogP contribution < -0.4 is 0 Å². The number of benzene rings is 1. The molecule has 0 aromatic heterocycles. The van der Waals surface area contributed by atoms with Gasteiger partial charge in [-0.05, 0) is 42.5 Å². The topological polar surface area (TPSA) is 44.0 Å². The average molecular weight is 271 g/mol. The highest BCUT2D eigenvalue weighted by molar-refractivity contribution is 5.48. The van der Waals surface area contributed by atoms with Crippen molar-refractivity contribution in [2.24, 2.45) is 5.92 Å². The van der Waals surface area contributed by atoms with Crippen LogP contribution in [0.5, 0.6) is 0 Å². The zero-order chi connectivity index (χ0) is 15.0. The number of alkyl halides is 3. The molecule has 0 aliphatic heterocycles. The summed E-state index contributed by atoms with van der Waals surface area (Å²) in [6.07, 6.45) is -4.77. The van der Waals surface area contributed by atoms with Crippen LogP contribution in [0.3, 0.4) is 0 Å². The maximum absolute atomic E-state index is 13.2. The lowest BCUT2D eigenvalue weighted by atomic mass is 9.79. The molecule has 1 aromatic carbocycles. The third-order valence-corrected chi connectivity index (χ3v) is 3.59. The maximum atomic E-state index is 13.2. The van der Waals surface area contributed by atoms with Crippen molar-refractivity contribution in [1.82, 2.24) is 0 Å². The van der Waals surface area contributed by atoms with E-state index in [9.17, 15) is 18.3 Å². The van der Waals surface area contributed by atoms with Gasteiger partial charge in [0, 0.05) is 0 Å². The van der Waals surface area contributed by atoms with E-state index in [1.54, 1.807) is 6.92 Å². The fourth-order valence-corrected chi connectivity index (χ4v) is 2.15. The standard InChI is InChI=1S/C14H16F3NO/c1-8(2)13(19,14(15,16)17)12-6-5-11(7-18)9(3)10(12)4/h5-6,8,19H,1-4H3. The van der Waals surface area contributed by atoms with Crippen LogP contribution in [-0.4, -0.2) is 11.3 Å². The SMILES string of the molecule is Cc1c(C#N)ccc(C(O)(C(C)C)C(F)(F)F)c1C. The molecule has 0 aliphatic carbocycles. The lowest BCUT2D eigenvalue weighted by Gasteiger charge is -2.36. The molecule has 2 nitrogen and oxygen atoms in total. The van der Waals surface area contributed by atoms with Gasteiger partial charge >= 0.3 is 6.18 Å². The first kappa shape index (κ1) is 15.5. The van der Waals surface area contributed by atoms with Crippen LogP contribution in [0.4, 0.5) is 13.2 Å². The van der Waals surface area contributed by atoms with Gasteiger partial charge in [-0.25, -0.2) is 0 Å². The van der Waals surface area contributed by atoms with Gasteiger partial charge in [0.2, 0.25) is 0 Å². The van der Waals surface area contributed by atoms with Crippen molar-refractivity contribution in [3.05, 3.63) is 34.4 Å². The Labute approximate surface area is 110 Å². The van der Waals surface area contributed by atoms with Crippen LogP contribution in [0, 0.1) is 31.1 Å². The van der Waals surface area contributed by atoms with E-state index >= 15 is 0 Å². The lowest BCUT2D eigenvalue weighted by molar-refractivity contribution is -0.283. The molecule has 1 N–H and O–H groups in total. The van der Waals surface area contributed by atoms with E-state index in [1.165, 1.54) is 32.9 Å². The maximum Gasteiger partial charge on any atom is 0.421 e. The summed E-state index contributed by atoms with van der Waals surface area (Å²) in [6, 6.07) is 4.42. The monoisotopic (exact) mass is 271 g/mol. The normalized spacial score (nSPS) is 15.2. The second kappa shape index (κ2) is 4.86. The Hall–Kier alpha value is -1.54. The van der Waals surface area contributed by atoms with Gasteiger partial charge < -0.3 is 5.11 Å². The quantitative estimate of drug-likeness (QED) is 0.893. The van der Waals surface area contributed by atoms with E-state index < -0.39 is 17.7 Å². The van der Waals surface area contributed by atoms with Crippen molar-refractivity contribution in [3.8, 4) is 6.07 Å². The molecule has 0 heterocycles. The van der Waals surface area contributed by atoms with E-state index in [1.807, 2.05) is 6.07 Å². The molecule has 1 atom stereocenters. The fourth-order valence-electron chi connectivity index (χ4n) is 2.15. The molecule has 0 saturated heterocycles. The lowest BCUT2D eigenvalue weighted by Crippen LogP contribution is -2.47. The van der Waals surface area contributed by atoms with Crippen LogP contribution in [0.2, 0.25) is 0 Å². The van der Waals surface area contributed by atoms with E-state index in [-0.39, 0.29) is 5.56 Å². The first-order valence-corrected chi connectivity index (χ1v) is 5.87. The van der Waals surface area contributed by atoms with Crippen molar-refractivity contribution in [2.75, 3.05) is 0 Å². The molecule has 0 aliphatic rings. The van der Waals surface area contributed by atoms with Crippen LogP contribution >= 0.6 is 0 Å². The highest BCUT2D eigenvalue weighted by atomic mass is 19.4. The smallest absolute Gasteiger partial charge is 0.376 e. The summed E-state index contributed by atoms with van der Waals surface area (Å²) in [4.78, 5) is 0. The predicted molar refractivity (Wildman–Crippen MR) is 65.4 cm³/mol. The summed E-state index contributed by atoms with van der Waals surface area (Å²) in [5, 5.41) is 19.0. The molecule has 1 unspecified atom stereocenters. The van der Waals surface area contributed by atoms with Crippen molar-refractivity contribution in [3.63, 3.8) is 0 Å². The van der Waals surface area contributed by atoms with E-state index in [0.29, 0.717) is 16.7 Å². The number of aliphatic hydroxyl groups is 1. The molecule has 0 spiro atoms. The Bertz CT molecular complexity index is 529. The summed E-state index contributed by atoms with van der Waals surface area (Å²) in [5.41, 5.74) is -2.02. The van der Waals surface area contributed by atoms with Crippen LogP contribution in [-0.2, 0) is 5.60 Å². The average Bonchev–Trinajstić information content (AvgIpc) is 2.30. The van der Waals surface area contributed by atoms with Gasteiger partial charge in [-0.3, -0.25) is 0 Å². The number of hydrogen-bond acceptors (Lipinski definition) is 2. The summed E-state index contributed by atoms with van der Waals surface area (Å²) >= 11 is 0. The molecular weight excluding hydrogens is 255 g/mol. The molecule has 0 fully saturated rings.